The van der Waals surface area contributed by atoms with Crippen molar-refractivity contribution in [3.63, 3.8) is 0 Å². The maximum atomic E-state index is 11.2. The number of aromatic nitrogens is 3. The first kappa shape index (κ1) is 15.1. The molecule has 0 fully saturated rings. The molecule has 0 amide bonds. The average Bonchev–Trinajstić information content (AvgIpc) is 2.90. The highest BCUT2D eigenvalue weighted by Crippen LogP contribution is 2.15. The molecule has 0 unspecified atom stereocenters. The second-order valence-corrected chi connectivity index (χ2v) is 4.92. The fraction of sp³-hybridized carbons (Fsp3) is 0.375. The fourth-order valence-corrected chi connectivity index (χ4v) is 2.04. The lowest BCUT2D eigenvalue weighted by molar-refractivity contribution is -0.118. The Morgan fingerprint density at radius 3 is 3.24 bits per heavy atom. The third kappa shape index (κ3) is 4.34. The van der Waals surface area contributed by atoms with Crippen molar-refractivity contribution in [3.8, 4) is 0 Å². The molecule has 1 aromatic rings. The summed E-state index contributed by atoms with van der Waals surface area (Å²) in [6, 6.07) is 0. The lowest BCUT2D eigenvalue weighted by atomic mass is 10.1. The van der Waals surface area contributed by atoms with Gasteiger partial charge < -0.3 is 0 Å². The van der Waals surface area contributed by atoms with Crippen LogP contribution in [0.1, 0.15) is 37.6 Å². The van der Waals surface area contributed by atoms with Crippen LogP contribution in [0.4, 0.5) is 0 Å². The Hall–Kier alpha value is -2.30. The lowest BCUT2D eigenvalue weighted by Crippen LogP contribution is -2.02. The minimum atomic E-state index is 0.197. The van der Waals surface area contributed by atoms with E-state index < -0.39 is 0 Å². The first-order valence-electron chi connectivity index (χ1n) is 7.15. The molecule has 21 heavy (non-hydrogen) atoms. The van der Waals surface area contributed by atoms with Gasteiger partial charge in [-0.2, -0.15) is 0 Å². The molecule has 1 aliphatic rings. The fourth-order valence-electron chi connectivity index (χ4n) is 2.04. The molecular weight excluding hydrogens is 264 g/mol. The zero-order valence-corrected chi connectivity index (χ0v) is 12.3. The van der Waals surface area contributed by atoms with Crippen LogP contribution in [0.5, 0.6) is 0 Å². The van der Waals surface area contributed by atoms with E-state index in [1.165, 1.54) is 0 Å². The molecule has 5 nitrogen and oxygen atoms in total. The van der Waals surface area contributed by atoms with E-state index in [-0.39, 0.29) is 5.78 Å². The molecule has 0 N–H and O–H groups in total. The second kappa shape index (κ2) is 7.47. The minimum Gasteiger partial charge on any atom is -0.299 e. The van der Waals surface area contributed by atoms with Gasteiger partial charge in [-0.3, -0.25) is 9.79 Å². The van der Waals surface area contributed by atoms with Gasteiger partial charge in [-0.05, 0) is 30.6 Å². The van der Waals surface area contributed by atoms with Crippen molar-refractivity contribution >= 4 is 18.1 Å². The number of hydrogen-bond donors (Lipinski definition) is 0. The predicted octanol–water partition coefficient (Wildman–Crippen LogP) is 2.75. The van der Waals surface area contributed by atoms with E-state index in [0.717, 1.165) is 29.8 Å². The number of aliphatic imine (C=N–C) groups is 1. The SMILES string of the molecule is C=C(/C=C\C=NCn1nnc2c1C=CCC2)CC(=O)CC. The number of Topliss-reactive ketones (excluding diaryl/α,β-unsaturated/α-hetero) is 1. The molecule has 1 aromatic heterocycles. The van der Waals surface area contributed by atoms with Gasteiger partial charge in [0.2, 0.25) is 0 Å². The maximum absolute atomic E-state index is 11.2. The number of aryl methyl sites for hydroxylation is 1. The van der Waals surface area contributed by atoms with Gasteiger partial charge in [-0.1, -0.05) is 30.9 Å². The lowest BCUT2D eigenvalue weighted by Gasteiger charge is -2.04. The quantitative estimate of drug-likeness (QED) is 0.571. The first-order chi connectivity index (χ1) is 10.2. The normalized spacial score (nSPS) is 14.0. The zero-order valence-electron chi connectivity index (χ0n) is 12.3. The number of ketones is 1. The van der Waals surface area contributed by atoms with Crippen molar-refractivity contribution in [1.29, 1.82) is 0 Å². The van der Waals surface area contributed by atoms with Gasteiger partial charge in [0.05, 0.1) is 11.4 Å². The average molecular weight is 284 g/mol. The molecule has 1 heterocycles. The Bertz CT molecular complexity index is 608. The smallest absolute Gasteiger partial charge is 0.136 e. The number of carbonyl (C=O) groups is 1. The Morgan fingerprint density at radius 2 is 2.43 bits per heavy atom. The standard InChI is InChI=1S/C16H20N4O/c1-3-14(21)11-13(2)7-6-10-17-12-20-16-9-5-4-8-15(16)18-19-20/h5-7,9-10H,2-4,8,11-12H2,1H3/b7-6-,17-10?. The Labute approximate surface area is 124 Å². The number of nitrogens with zero attached hydrogens (tertiary/aromatic N) is 4. The molecule has 0 bridgehead atoms. The molecule has 1 aliphatic carbocycles. The van der Waals surface area contributed by atoms with Gasteiger partial charge in [0.25, 0.3) is 0 Å². The summed E-state index contributed by atoms with van der Waals surface area (Å²) in [7, 11) is 0. The van der Waals surface area contributed by atoms with Crippen molar-refractivity contribution < 1.29 is 4.79 Å². The van der Waals surface area contributed by atoms with E-state index in [1.807, 2.05) is 19.1 Å². The molecule has 0 saturated heterocycles. The Kier molecular flexibility index (Phi) is 5.37. The molecule has 0 aliphatic heterocycles. The van der Waals surface area contributed by atoms with Crippen molar-refractivity contribution in [2.75, 3.05) is 0 Å². The summed E-state index contributed by atoms with van der Waals surface area (Å²) < 4.78 is 1.78. The summed E-state index contributed by atoms with van der Waals surface area (Å²) in [5, 5.41) is 8.24. The molecule has 0 saturated carbocycles. The zero-order chi connectivity index (χ0) is 15.1. The summed E-state index contributed by atoms with van der Waals surface area (Å²) in [6.45, 7) is 6.14. The second-order valence-electron chi connectivity index (χ2n) is 4.92. The third-order valence-corrected chi connectivity index (χ3v) is 3.23. The van der Waals surface area contributed by atoms with Crippen LogP contribution in [0.2, 0.25) is 0 Å². The van der Waals surface area contributed by atoms with Crippen molar-refractivity contribution in [3.05, 3.63) is 41.8 Å². The Morgan fingerprint density at radius 1 is 1.57 bits per heavy atom. The van der Waals surface area contributed by atoms with E-state index in [4.69, 9.17) is 0 Å². The molecule has 5 heteroatoms. The number of carbonyl (C=O) groups excluding carboxylic acids is 1. The van der Waals surface area contributed by atoms with Crippen LogP contribution >= 0.6 is 0 Å². The summed E-state index contributed by atoms with van der Waals surface area (Å²) in [5.41, 5.74) is 2.88. The molecule has 0 spiro atoms. The minimum absolute atomic E-state index is 0.197. The van der Waals surface area contributed by atoms with Crippen LogP contribution in [0.3, 0.4) is 0 Å². The predicted molar refractivity (Wildman–Crippen MR) is 84.1 cm³/mol. The van der Waals surface area contributed by atoms with Gasteiger partial charge in [0.15, 0.2) is 0 Å². The highest BCUT2D eigenvalue weighted by atomic mass is 16.1. The van der Waals surface area contributed by atoms with E-state index in [0.29, 0.717) is 19.5 Å². The number of rotatable bonds is 7. The highest BCUT2D eigenvalue weighted by molar-refractivity contribution is 5.81. The van der Waals surface area contributed by atoms with Crippen molar-refractivity contribution in [2.45, 2.75) is 39.3 Å². The molecule has 0 radical (unpaired) electrons. The van der Waals surface area contributed by atoms with E-state index >= 15 is 0 Å². The molecular formula is C16H20N4O. The van der Waals surface area contributed by atoms with Crippen LogP contribution in [0.15, 0.2) is 35.4 Å². The molecule has 2 rings (SSSR count). The summed E-state index contributed by atoms with van der Waals surface area (Å²) in [4.78, 5) is 15.5. The monoisotopic (exact) mass is 284 g/mol. The van der Waals surface area contributed by atoms with Gasteiger partial charge >= 0.3 is 0 Å². The van der Waals surface area contributed by atoms with Crippen LogP contribution in [-0.4, -0.2) is 27.0 Å². The van der Waals surface area contributed by atoms with E-state index in [9.17, 15) is 4.79 Å². The summed E-state index contributed by atoms with van der Waals surface area (Å²) >= 11 is 0. The summed E-state index contributed by atoms with van der Waals surface area (Å²) in [5.74, 6) is 0.197. The van der Waals surface area contributed by atoms with Crippen LogP contribution in [0, 0.1) is 0 Å². The topological polar surface area (TPSA) is 60.1 Å². The van der Waals surface area contributed by atoms with E-state index in [2.05, 4.69) is 28.0 Å². The van der Waals surface area contributed by atoms with Crippen LogP contribution in [-0.2, 0) is 17.9 Å². The summed E-state index contributed by atoms with van der Waals surface area (Å²) in [6.07, 6.45) is 12.4. The van der Waals surface area contributed by atoms with Crippen molar-refractivity contribution in [1.82, 2.24) is 15.0 Å². The van der Waals surface area contributed by atoms with Gasteiger partial charge in [-0.15, -0.1) is 5.10 Å². The third-order valence-electron chi connectivity index (χ3n) is 3.23. The number of fused-ring (bicyclic) bond motifs is 1. The maximum Gasteiger partial charge on any atom is 0.136 e. The molecule has 0 atom stereocenters. The van der Waals surface area contributed by atoms with Crippen molar-refractivity contribution in [2.24, 2.45) is 4.99 Å². The molecule has 110 valence electrons. The molecule has 0 aromatic carbocycles. The highest BCUT2D eigenvalue weighted by Gasteiger charge is 2.11. The van der Waals surface area contributed by atoms with Gasteiger partial charge in [0.1, 0.15) is 12.5 Å². The number of allylic oxidation sites excluding steroid dienone is 4. The van der Waals surface area contributed by atoms with Gasteiger partial charge in [0, 0.05) is 19.1 Å². The van der Waals surface area contributed by atoms with Crippen LogP contribution in [0.25, 0.3) is 6.08 Å². The first-order valence-corrected chi connectivity index (χ1v) is 7.15. The largest absolute Gasteiger partial charge is 0.299 e. The van der Waals surface area contributed by atoms with Crippen LogP contribution < -0.4 is 0 Å². The Balaban J connectivity index is 1.83. The number of hydrogen-bond acceptors (Lipinski definition) is 4. The van der Waals surface area contributed by atoms with E-state index in [1.54, 1.807) is 17.0 Å². The van der Waals surface area contributed by atoms with Gasteiger partial charge in [-0.25, -0.2) is 4.68 Å².